The number of rotatable bonds is 6. The van der Waals surface area contributed by atoms with Gasteiger partial charge in [0.05, 0.1) is 11.6 Å². The molecule has 0 saturated carbocycles. The van der Waals surface area contributed by atoms with E-state index >= 15 is 0 Å². The van der Waals surface area contributed by atoms with Gasteiger partial charge in [0, 0.05) is 24.2 Å². The van der Waals surface area contributed by atoms with Crippen LogP contribution in [0.3, 0.4) is 0 Å². The van der Waals surface area contributed by atoms with E-state index in [0.717, 1.165) is 23.0 Å². The van der Waals surface area contributed by atoms with Crippen LogP contribution >= 0.6 is 34.7 Å². The minimum atomic E-state index is 0.504. The van der Waals surface area contributed by atoms with Crippen molar-refractivity contribution in [1.82, 2.24) is 4.98 Å². The van der Waals surface area contributed by atoms with Gasteiger partial charge in [-0.25, -0.2) is 4.98 Å². The highest BCUT2D eigenvalue weighted by Gasteiger charge is 2.15. The van der Waals surface area contributed by atoms with E-state index in [0.29, 0.717) is 11.9 Å². The Morgan fingerprint density at radius 3 is 2.87 bits per heavy atom. The lowest BCUT2D eigenvalue weighted by Crippen LogP contribution is -2.33. The van der Waals surface area contributed by atoms with Gasteiger partial charge in [0.15, 0.2) is 5.13 Å². The average Bonchev–Trinajstić information content (AvgIpc) is 2.73. The molecule has 0 aliphatic carbocycles. The molecule has 0 aromatic carbocycles. The standard InChI is InChI=1S/C10H17ClN2S2/c1-4-9(7-14-3)13(2)10-12-8(5-11)6-15-10/h6,9H,4-5,7H2,1-3H3. The number of nitrogens with zero attached hydrogens (tertiary/aromatic N) is 2. The molecule has 0 amide bonds. The second-order valence-electron chi connectivity index (χ2n) is 3.38. The van der Waals surface area contributed by atoms with Gasteiger partial charge in [-0.1, -0.05) is 6.92 Å². The summed E-state index contributed by atoms with van der Waals surface area (Å²) in [6, 6.07) is 0.564. The van der Waals surface area contributed by atoms with E-state index in [9.17, 15) is 0 Å². The van der Waals surface area contributed by atoms with Crippen molar-refractivity contribution in [3.05, 3.63) is 11.1 Å². The molecule has 0 radical (unpaired) electrons. The van der Waals surface area contributed by atoms with E-state index in [-0.39, 0.29) is 0 Å². The molecule has 0 saturated heterocycles. The summed E-state index contributed by atoms with van der Waals surface area (Å²) >= 11 is 9.29. The van der Waals surface area contributed by atoms with Crippen molar-refractivity contribution in [2.75, 3.05) is 24.0 Å². The number of alkyl halides is 1. The highest BCUT2D eigenvalue weighted by molar-refractivity contribution is 7.98. The van der Waals surface area contributed by atoms with Gasteiger partial charge in [-0.15, -0.1) is 22.9 Å². The summed E-state index contributed by atoms with van der Waals surface area (Å²) in [5.41, 5.74) is 0.975. The van der Waals surface area contributed by atoms with Gasteiger partial charge >= 0.3 is 0 Å². The van der Waals surface area contributed by atoms with E-state index in [1.54, 1.807) is 11.3 Å². The third-order valence-corrected chi connectivity index (χ3v) is 4.33. The average molecular weight is 265 g/mol. The van der Waals surface area contributed by atoms with Crippen LogP contribution in [-0.2, 0) is 5.88 Å². The predicted molar refractivity (Wildman–Crippen MR) is 72.5 cm³/mol. The third kappa shape index (κ3) is 3.54. The second kappa shape index (κ2) is 6.61. The summed E-state index contributed by atoms with van der Waals surface area (Å²) < 4.78 is 0. The summed E-state index contributed by atoms with van der Waals surface area (Å²) in [5.74, 6) is 1.65. The molecule has 0 bridgehead atoms. The molecule has 0 aliphatic rings. The molecule has 1 rings (SSSR count). The summed E-state index contributed by atoms with van der Waals surface area (Å²) in [4.78, 5) is 6.74. The first-order valence-electron chi connectivity index (χ1n) is 4.95. The normalized spacial score (nSPS) is 12.8. The van der Waals surface area contributed by atoms with E-state index in [1.165, 1.54) is 0 Å². The van der Waals surface area contributed by atoms with Crippen LogP contribution in [0.25, 0.3) is 0 Å². The summed E-state index contributed by atoms with van der Waals surface area (Å²) in [7, 11) is 2.11. The number of hydrogen-bond acceptors (Lipinski definition) is 4. The number of aromatic nitrogens is 1. The fraction of sp³-hybridized carbons (Fsp3) is 0.700. The van der Waals surface area contributed by atoms with Crippen molar-refractivity contribution in [2.45, 2.75) is 25.3 Å². The molecule has 0 N–H and O–H groups in total. The fourth-order valence-electron chi connectivity index (χ4n) is 1.37. The van der Waals surface area contributed by atoms with E-state index in [2.05, 4.69) is 30.1 Å². The Kier molecular flexibility index (Phi) is 5.79. The summed E-state index contributed by atoms with van der Waals surface area (Å²) in [5, 5.41) is 3.11. The molecule has 1 heterocycles. The zero-order valence-electron chi connectivity index (χ0n) is 9.36. The van der Waals surface area contributed by atoms with Crippen LogP contribution in [-0.4, -0.2) is 30.1 Å². The quantitative estimate of drug-likeness (QED) is 0.732. The van der Waals surface area contributed by atoms with Crippen molar-refractivity contribution in [2.24, 2.45) is 0 Å². The minimum Gasteiger partial charge on any atom is -0.347 e. The first kappa shape index (κ1) is 13.1. The van der Waals surface area contributed by atoms with Crippen LogP contribution in [0.4, 0.5) is 5.13 Å². The molecular weight excluding hydrogens is 248 g/mol. The molecule has 0 spiro atoms. The molecule has 1 aromatic rings. The molecule has 2 nitrogen and oxygen atoms in total. The minimum absolute atomic E-state index is 0.504. The van der Waals surface area contributed by atoms with Gasteiger partial charge in [0.25, 0.3) is 0 Å². The monoisotopic (exact) mass is 264 g/mol. The number of anilines is 1. The van der Waals surface area contributed by atoms with Crippen molar-refractivity contribution in [3.63, 3.8) is 0 Å². The van der Waals surface area contributed by atoms with Crippen molar-refractivity contribution in [1.29, 1.82) is 0 Å². The van der Waals surface area contributed by atoms with Gasteiger partial charge in [-0.2, -0.15) is 11.8 Å². The molecule has 0 fully saturated rings. The van der Waals surface area contributed by atoms with Crippen molar-refractivity contribution < 1.29 is 0 Å². The Morgan fingerprint density at radius 2 is 2.40 bits per heavy atom. The van der Waals surface area contributed by atoms with Gasteiger partial charge in [0.2, 0.25) is 0 Å². The van der Waals surface area contributed by atoms with Gasteiger partial charge in [0.1, 0.15) is 0 Å². The molecule has 0 aliphatic heterocycles. The van der Waals surface area contributed by atoms with Crippen molar-refractivity contribution in [3.8, 4) is 0 Å². The van der Waals surface area contributed by atoms with Crippen LogP contribution in [0, 0.1) is 0 Å². The Balaban J connectivity index is 2.68. The van der Waals surface area contributed by atoms with E-state index in [4.69, 9.17) is 11.6 Å². The zero-order valence-corrected chi connectivity index (χ0v) is 11.8. The van der Waals surface area contributed by atoms with E-state index in [1.807, 2.05) is 17.1 Å². The molecular formula is C10H17ClN2S2. The molecule has 1 unspecified atom stereocenters. The molecule has 86 valence electrons. The summed E-state index contributed by atoms with van der Waals surface area (Å²) in [6.45, 7) is 2.22. The maximum absolute atomic E-state index is 5.74. The van der Waals surface area contributed by atoms with Crippen LogP contribution in [0.15, 0.2) is 5.38 Å². The highest BCUT2D eigenvalue weighted by atomic mass is 35.5. The summed E-state index contributed by atoms with van der Waals surface area (Å²) in [6.07, 6.45) is 3.29. The molecule has 1 atom stereocenters. The SMILES string of the molecule is CCC(CSC)N(C)c1nc(CCl)cs1. The lowest BCUT2D eigenvalue weighted by atomic mass is 10.2. The van der Waals surface area contributed by atoms with Gasteiger partial charge in [-0.3, -0.25) is 0 Å². The predicted octanol–water partition coefficient (Wildman–Crippen LogP) is 3.46. The van der Waals surface area contributed by atoms with Crippen molar-refractivity contribution >= 4 is 39.8 Å². The first-order chi connectivity index (χ1) is 7.22. The smallest absolute Gasteiger partial charge is 0.185 e. The third-order valence-electron chi connectivity index (χ3n) is 2.36. The van der Waals surface area contributed by atoms with Crippen LogP contribution in [0.2, 0.25) is 0 Å². The highest BCUT2D eigenvalue weighted by Crippen LogP contribution is 2.23. The van der Waals surface area contributed by atoms with Crippen LogP contribution in [0.1, 0.15) is 19.0 Å². The molecule has 5 heteroatoms. The number of thiazole rings is 1. The molecule has 1 aromatic heterocycles. The zero-order chi connectivity index (χ0) is 11.3. The van der Waals surface area contributed by atoms with Gasteiger partial charge in [-0.05, 0) is 12.7 Å². The Bertz CT molecular complexity index is 291. The maximum atomic E-state index is 5.74. The number of thioether (sulfide) groups is 1. The second-order valence-corrected chi connectivity index (χ2v) is 5.40. The van der Waals surface area contributed by atoms with Crippen LogP contribution in [0.5, 0.6) is 0 Å². The maximum Gasteiger partial charge on any atom is 0.185 e. The largest absolute Gasteiger partial charge is 0.347 e. The number of halogens is 1. The fourth-order valence-corrected chi connectivity index (χ4v) is 3.31. The Hall–Kier alpha value is 0.0700. The molecule has 15 heavy (non-hydrogen) atoms. The van der Waals surface area contributed by atoms with Crippen LogP contribution < -0.4 is 4.90 Å². The van der Waals surface area contributed by atoms with E-state index < -0.39 is 0 Å². The Morgan fingerprint density at radius 1 is 1.67 bits per heavy atom. The first-order valence-corrected chi connectivity index (χ1v) is 7.75. The lowest BCUT2D eigenvalue weighted by molar-refractivity contribution is 0.671. The lowest BCUT2D eigenvalue weighted by Gasteiger charge is -2.26. The number of hydrogen-bond donors (Lipinski definition) is 0. The van der Waals surface area contributed by atoms with Gasteiger partial charge < -0.3 is 4.90 Å². The topological polar surface area (TPSA) is 16.1 Å². The Labute approximate surface area is 105 Å².